The monoisotopic (exact) mass is 299 g/mol. The van der Waals surface area contributed by atoms with Crippen LogP contribution in [-0.2, 0) is 4.34 Å². The maximum atomic E-state index is 5.89. The van der Waals surface area contributed by atoms with Crippen molar-refractivity contribution in [1.29, 1.82) is 0 Å². The summed E-state index contributed by atoms with van der Waals surface area (Å²) >= 11 is 0. The highest BCUT2D eigenvalue weighted by molar-refractivity contribution is 6.54. The first-order valence-electron chi connectivity index (χ1n) is 7.33. The second-order valence-electron chi connectivity index (χ2n) is 5.02. The van der Waals surface area contributed by atoms with Crippen LogP contribution in [0.3, 0.4) is 0 Å². The highest BCUT2D eigenvalue weighted by Gasteiger charge is 2.16. The van der Waals surface area contributed by atoms with Crippen molar-refractivity contribution < 1.29 is 4.34 Å². The van der Waals surface area contributed by atoms with Crippen LogP contribution in [0.25, 0.3) is 0 Å². The van der Waals surface area contributed by atoms with Gasteiger partial charge in [0.15, 0.2) is 0 Å². The van der Waals surface area contributed by atoms with E-state index in [2.05, 4.69) is 48.5 Å². The molecule has 0 aliphatic carbocycles. The Labute approximate surface area is 135 Å². The van der Waals surface area contributed by atoms with Crippen LogP contribution < -0.4 is 5.46 Å². The molecule has 0 saturated carbocycles. The fourth-order valence-electron chi connectivity index (χ4n) is 2.32. The van der Waals surface area contributed by atoms with Gasteiger partial charge < -0.3 is 4.34 Å². The lowest BCUT2D eigenvalue weighted by Crippen LogP contribution is -2.23. The predicted octanol–water partition coefficient (Wildman–Crippen LogP) is 3.36. The first kappa shape index (κ1) is 14.8. The van der Waals surface area contributed by atoms with Gasteiger partial charge in [0.25, 0.3) is 0 Å². The summed E-state index contributed by atoms with van der Waals surface area (Å²) in [5, 5.41) is 0. The number of rotatable bonds is 6. The molecule has 3 aromatic carbocycles. The van der Waals surface area contributed by atoms with E-state index in [4.69, 9.17) is 4.34 Å². The van der Waals surface area contributed by atoms with Crippen LogP contribution in [0, 0.1) is 0 Å². The summed E-state index contributed by atoms with van der Waals surface area (Å²) in [6.07, 6.45) is 0. The number of benzene rings is 3. The predicted molar refractivity (Wildman–Crippen MR) is 93.4 cm³/mol. The second-order valence-corrected chi connectivity index (χ2v) is 6.07. The van der Waals surface area contributed by atoms with Crippen LogP contribution >= 0.6 is 0 Å². The molecule has 0 aliphatic heterocycles. The fourth-order valence-corrected chi connectivity index (χ4v) is 3.32. The topological polar surface area (TPSA) is 9.23 Å². The lowest BCUT2D eigenvalue weighted by Gasteiger charge is -2.16. The molecule has 0 saturated heterocycles. The van der Waals surface area contributed by atoms with Crippen LogP contribution in [-0.4, -0.2) is 17.2 Å². The summed E-state index contributed by atoms with van der Waals surface area (Å²) in [5.41, 5.74) is 3.93. The van der Waals surface area contributed by atoms with E-state index in [1.807, 2.05) is 49.9 Å². The molecule has 22 heavy (non-hydrogen) atoms. The van der Waals surface area contributed by atoms with Crippen molar-refractivity contribution in [3.63, 3.8) is 0 Å². The third kappa shape index (κ3) is 3.97. The molecule has 3 radical (unpaired) electrons. The van der Waals surface area contributed by atoms with Crippen molar-refractivity contribution in [2.45, 2.75) is 5.54 Å². The Morgan fingerprint density at radius 1 is 0.636 bits per heavy atom. The summed E-state index contributed by atoms with van der Waals surface area (Å²) in [7, 11) is 2.19. The third-order valence-electron chi connectivity index (χ3n) is 3.45. The van der Waals surface area contributed by atoms with Crippen molar-refractivity contribution in [2.75, 3.05) is 0 Å². The Kier molecular flexibility index (Phi) is 5.24. The zero-order valence-electron chi connectivity index (χ0n) is 12.2. The standard InChI is InChI=1S/C19H16BOSi/c1-4-10-16(11-5-1)19(17-12-6-2-7-13-17)22-21-20-18-14-8-3-9-15-18/h1-15,19H. The summed E-state index contributed by atoms with van der Waals surface area (Å²) in [6, 6.07) is 31.2. The van der Waals surface area contributed by atoms with E-state index in [0.29, 0.717) is 9.76 Å². The van der Waals surface area contributed by atoms with Gasteiger partial charge in [-0.2, -0.15) is 0 Å². The van der Waals surface area contributed by atoms with E-state index < -0.39 is 0 Å². The Morgan fingerprint density at radius 3 is 1.59 bits per heavy atom. The molecule has 0 aliphatic rings. The van der Waals surface area contributed by atoms with Crippen LogP contribution in [0.2, 0.25) is 0 Å². The summed E-state index contributed by atoms with van der Waals surface area (Å²) in [4.78, 5) is 0. The molecule has 0 atom stereocenters. The molecule has 0 fully saturated rings. The number of hydrogen-bond donors (Lipinski definition) is 0. The average molecular weight is 299 g/mol. The average Bonchev–Trinajstić information content (AvgIpc) is 2.61. The van der Waals surface area contributed by atoms with Gasteiger partial charge in [0, 0.05) is 5.54 Å². The van der Waals surface area contributed by atoms with Gasteiger partial charge in [-0.05, 0) is 11.1 Å². The van der Waals surface area contributed by atoms with E-state index in [9.17, 15) is 0 Å². The first-order chi connectivity index (χ1) is 10.9. The molecule has 1 nitrogen and oxygen atoms in total. The van der Waals surface area contributed by atoms with E-state index in [0.717, 1.165) is 5.46 Å². The van der Waals surface area contributed by atoms with Crippen LogP contribution in [0.5, 0.6) is 0 Å². The molecule has 3 rings (SSSR count). The highest BCUT2D eigenvalue weighted by atomic mass is 28.2. The highest BCUT2D eigenvalue weighted by Crippen LogP contribution is 2.23. The van der Waals surface area contributed by atoms with E-state index in [1.54, 1.807) is 0 Å². The number of hydrogen-bond acceptors (Lipinski definition) is 1. The van der Waals surface area contributed by atoms with Gasteiger partial charge >= 0.3 is 7.48 Å². The van der Waals surface area contributed by atoms with Crippen molar-refractivity contribution in [2.24, 2.45) is 0 Å². The fraction of sp³-hybridized carbons (Fsp3) is 0.0526. The Bertz CT molecular complexity index is 634. The van der Waals surface area contributed by atoms with Crippen molar-refractivity contribution in [3.8, 4) is 0 Å². The molecule has 0 amide bonds. The van der Waals surface area contributed by atoms with Gasteiger partial charge in [0.05, 0.1) is 0 Å². The molecule has 3 aromatic rings. The molecule has 0 spiro atoms. The van der Waals surface area contributed by atoms with E-state index >= 15 is 0 Å². The second kappa shape index (κ2) is 7.78. The SMILES string of the molecule is [B](O[Si]C(c1ccccc1)c1ccccc1)c1ccccc1. The molecule has 0 unspecified atom stereocenters. The summed E-state index contributed by atoms with van der Waals surface area (Å²) < 4.78 is 5.89. The van der Waals surface area contributed by atoms with Gasteiger partial charge in [-0.25, -0.2) is 0 Å². The normalized spacial score (nSPS) is 10.6. The summed E-state index contributed by atoms with van der Waals surface area (Å²) in [5.74, 6) is 0. The van der Waals surface area contributed by atoms with E-state index in [1.165, 1.54) is 11.1 Å². The lowest BCUT2D eigenvalue weighted by atomic mass is 9.89. The van der Waals surface area contributed by atoms with Crippen molar-refractivity contribution >= 4 is 22.7 Å². The van der Waals surface area contributed by atoms with Crippen LogP contribution in [0.4, 0.5) is 0 Å². The zero-order chi connectivity index (χ0) is 15.0. The third-order valence-corrected chi connectivity index (χ3v) is 4.60. The van der Waals surface area contributed by atoms with Crippen LogP contribution in [0.1, 0.15) is 16.7 Å². The summed E-state index contributed by atoms with van der Waals surface area (Å²) in [6.45, 7) is 0. The molecule has 105 valence electrons. The minimum Gasteiger partial charge on any atom is -0.477 e. The molecule has 0 bridgehead atoms. The van der Waals surface area contributed by atoms with Gasteiger partial charge in [-0.1, -0.05) is 96.5 Å². The van der Waals surface area contributed by atoms with Crippen molar-refractivity contribution in [3.05, 3.63) is 102 Å². The molecular weight excluding hydrogens is 283 g/mol. The van der Waals surface area contributed by atoms with Gasteiger partial charge in [-0.3, -0.25) is 0 Å². The Hall–Kier alpha value is -2.10. The molecule has 0 heterocycles. The largest absolute Gasteiger partial charge is 0.477 e. The van der Waals surface area contributed by atoms with E-state index in [-0.39, 0.29) is 5.54 Å². The molecule has 0 aromatic heterocycles. The minimum atomic E-state index is 0.266. The molecule has 0 N–H and O–H groups in total. The van der Waals surface area contributed by atoms with Crippen LogP contribution in [0.15, 0.2) is 91.0 Å². The lowest BCUT2D eigenvalue weighted by molar-refractivity contribution is 0.637. The van der Waals surface area contributed by atoms with Gasteiger partial charge in [0.2, 0.25) is 9.76 Å². The molecule has 3 heteroatoms. The maximum Gasteiger partial charge on any atom is 0.317 e. The zero-order valence-corrected chi connectivity index (χ0v) is 13.2. The quantitative estimate of drug-likeness (QED) is 0.634. The molecular formula is C19H16BOSi. The smallest absolute Gasteiger partial charge is 0.317 e. The van der Waals surface area contributed by atoms with Gasteiger partial charge in [-0.15, -0.1) is 0 Å². The minimum absolute atomic E-state index is 0.266. The Balaban J connectivity index is 1.72. The maximum absolute atomic E-state index is 5.89. The van der Waals surface area contributed by atoms with Gasteiger partial charge in [0.1, 0.15) is 0 Å². The van der Waals surface area contributed by atoms with Crippen molar-refractivity contribution in [1.82, 2.24) is 0 Å². The Morgan fingerprint density at radius 2 is 1.09 bits per heavy atom. The first-order valence-corrected chi connectivity index (χ1v) is 8.31.